The molecule has 0 aliphatic rings. The fraction of sp³-hybridized carbons (Fsp3) is 0.614. The monoisotopic (exact) mass is 1050 g/mol. The van der Waals surface area contributed by atoms with Crippen LogP contribution in [0.1, 0.15) is 258 Å². The van der Waals surface area contributed by atoms with E-state index in [4.69, 9.17) is 14.2 Å². The highest BCUT2D eigenvalue weighted by atomic mass is 16.6. The molecule has 0 spiro atoms. The number of esters is 3. The van der Waals surface area contributed by atoms with E-state index in [2.05, 4.69) is 154 Å². The second kappa shape index (κ2) is 62.8. The fourth-order valence-corrected chi connectivity index (χ4v) is 8.05. The van der Waals surface area contributed by atoms with Crippen molar-refractivity contribution in [2.24, 2.45) is 0 Å². The van der Waals surface area contributed by atoms with Crippen LogP contribution >= 0.6 is 0 Å². The molecule has 0 aliphatic carbocycles. The van der Waals surface area contributed by atoms with Gasteiger partial charge in [0.25, 0.3) is 0 Å². The number of carbonyl (C=O) groups is 3. The van der Waals surface area contributed by atoms with E-state index in [0.717, 1.165) is 122 Å². The Labute approximate surface area is 467 Å². The first kappa shape index (κ1) is 71.3. The molecule has 0 amide bonds. The Kier molecular flexibility index (Phi) is 58.9. The zero-order valence-corrected chi connectivity index (χ0v) is 49.0. The first-order chi connectivity index (χ1) is 37.5. The van der Waals surface area contributed by atoms with Crippen molar-refractivity contribution >= 4 is 17.9 Å². The number of ether oxygens (including phenoxy) is 3. The normalized spacial score (nSPS) is 13.1. The third kappa shape index (κ3) is 60.2. The van der Waals surface area contributed by atoms with Gasteiger partial charge in [0.2, 0.25) is 0 Å². The number of rotatable bonds is 54. The van der Waals surface area contributed by atoms with E-state index < -0.39 is 12.1 Å². The van der Waals surface area contributed by atoms with Gasteiger partial charge in [-0.2, -0.15) is 0 Å². The largest absolute Gasteiger partial charge is 0.462 e. The number of unbranched alkanes of at least 4 members (excludes halogenated alkanes) is 20. The van der Waals surface area contributed by atoms with Gasteiger partial charge < -0.3 is 14.2 Å². The van der Waals surface area contributed by atoms with Crippen LogP contribution in [-0.2, 0) is 28.6 Å². The molecule has 0 aromatic carbocycles. The summed E-state index contributed by atoms with van der Waals surface area (Å²) in [5.74, 6) is -1.07. The lowest BCUT2D eigenvalue weighted by Crippen LogP contribution is -2.30. The van der Waals surface area contributed by atoms with Crippen LogP contribution < -0.4 is 0 Å². The molecular formula is C70H112O6. The molecule has 0 aliphatic heterocycles. The van der Waals surface area contributed by atoms with Gasteiger partial charge in [-0.1, -0.05) is 263 Å². The molecule has 0 radical (unpaired) electrons. The molecule has 0 aromatic heterocycles. The molecule has 0 aromatic rings. The Balaban J connectivity index is 4.38. The van der Waals surface area contributed by atoms with E-state index in [1.54, 1.807) is 6.08 Å². The summed E-state index contributed by atoms with van der Waals surface area (Å²) in [6.07, 6.45) is 90.2. The molecule has 1 atom stereocenters. The molecular weight excluding hydrogens is 937 g/mol. The van der Waals surface area contributed by atoms with Crippen molar-refractivity contribution < 1.29 is 28.6 Å². The van der Waals surface area contributed by atoms with Crippen molar-refractivity contribution in [3.8, 4) is 0 Å². The van der Waals surface area contributed by atoms with Gasteiger partial charge in [-0.25, -0.2) is 0 Å². The van der Waals surface area contributed by atoms with Gasteiger partial charge in [0.1, 0.15) is 13.2 Å². The summed E-state index contributed by atoms with van der Waals surface area (Å²) < 4.78 is 16.8. The second-order valence-electron chi connectivity index (χ2n) is 19.9. The molecule has 0 rings (SSSR count). The smallest absolute Gasteiger partial charge is 0.310 e. The Hall–Kier alpha value is -4.71. The molecule has 0 saturated heterocycles. The SMILES string of the molecule is CC/C=C\C/C=C\C/C=C\C/C=C\C/C=C\C/C=C\CCCCCCCCCCCCC(=O)OCC(COC(=O)CCCCCCC/C=C\CCCCCCC)OC(=O)C/C=C\C/C=C\C/C=C\C/C=C\C/C=C\CC. The second-order valence-corrected chi connectivity index (χ2v) is 19.9. The van der Waals surface area contributed by atoms with Crippen LogP contribution in [0.4, 0.5) is 0 Å². The number of hydrogen-bond acceptors (Lipinski definition) is 6. The van der Waals surface area contributed by atoms with Gasteiger partial charge in [0.15, 0.2) is 6.10 Å². The Morgan fingerprint density at radius 1 is 0.289 bits per heavy atom. The van der Waals surface area contributed by atoms with E-state index in [-0.39, 0.29) is 31.6 Å². The van der Waals surface area contributed by atoms with E-state index >= 15 is 0 Å². The average Bonchev–Trinajstić information content (AvgIpc) is 3.42. The van der Waals surface area contributed by atoms with E-state index in [0.29, 0.717) is 19.3 Å². The standard InChI is InChI=1S/C70H112O6/c1-4-7-10-13-16-19-22-25-28-29-30-31-32-33-34-35-36-37-38-39-40-41-43-45-48-51-54-57-60-63-69(72)75-66-67(65-74-68(71)62-59-56-53-50-47-44-27-24-21-18-15-12-9-6-3)76-70(73)64-61-58-55-52-49-46-42-26-23-20-17-14-11-8-5-2/h7-8,10-11,16-17,19-20,24-28,30-31,33-34,36-37,42,49,52,58,61,67H,4-6,9,12-15,18,21-23,29,32,35,38-41,43-48,50-51,53-57,59-60,62-66H2,1-3H3/b10-7-,11-8-,19-16-,20-17-,27-24-,28-25-,31-30-,34-33-,37-36-,42-26-,52-49-,61-58-. The topological polar surface area (TPSA) is 78.9 Å². The van der Waals surface area contributed by atoms with Gasteiger partial charge in [0, 0.05) is 12.8 Å². The molecule has 0 heterocycles. The third-order valence-corrected chi connectivity index (χ3v) is 12.6. The lowest BCUT2D eigenvalue weighted by atomic mass is 10.1. The highest BCUT2D eigenvalue weighted by molar-refractivity contribution is 5.72. The quantitative estimate of drug-likeness (QED) is 0.0261. The molecule has 6 heteroatoms. The highest BCUT2D eigenvalue weighted by Gasteiger charge is 2.19. The summed E-state index contributed by atoms with van der Waals surface area (Å²) in [7, 11) is 0. The number of carbonyl (C=O) groups excluding carboxylic acids is 3. The Morgan fingerprint density at radius 3 is 0.882 bits per heavy atom. The molecule has 428 valence electrons. The average molecular weight is 1050 g/mol. The predicted octanol–water partition coefficient (Wildman–Crippen LogP) is 21.2. The Bertz CT molecular complexity index is 1680. The van der Waals surface area contributed by atoms with Crippen molar-refractivity contribution in [2.75, 3.05) is 13.2 Å². The van der Waals surface area contributed by atoms with Crippen LogP contribution in [-0.4, -0.2) is 37.2 Å². The van der Waals surface area contributed by atoms with Crippen LogP contribution in [0.3, 0.4) is 0 Å². The van der Waals surface area contributed by atoms with Crippen LogP contribution in [0.25, 0.3) is 0 Å². The molecule has 76 heavy (non-hydrogen) atoms. The molecule has 0 saturated carbocycles. The summed E-state index contributed by atoms with van der Waals surface area (Å²) in [5.41, 5.74) is 0. The summed E-state index contributed by atoms with van der Waals surface area (Å²) in [6, 6.07) is 0. The Morgan fingerprint density at radius 2 is 0.553 bits per heavy atom. The predicted molar refractivity (Wildman–Crippen MR) is 329 cm³/mol. The van der Waals surface area contributed by atoms with Crippen molar-refractivity contribution in [2.45, 2.75) is 264 Å². The summed E-state index contributed by atoms with van der Waals surface area (Å²) >= 11 is 0. The van der Waals surface area contributed by atoms with Gasteiger partial charge in [-0.15, -0.1) is 0 Å². The maximum Gasteiger partial charge on any atom is 0.310 e. The summed E-state index contributed by atoms with van der Waals surface area (Å²) in [4.78, 5) is 38.2. The van der Waals surface area contributed by atoms with Crippen LogP contribution in [0, 0.1) is 0 Å². The van der Waals surface area contributed by atoms with Crippen molar-refractivity contribution in [3.63, 3.8) is 0 Å². The first-order valence-corrected chi connectivity index (χ1v) is 30.8. The van der Waals surface area contributed by atoms with Crippen LogP contribution in [0.15, 0.2) is 146 Å². The molecule has 0 N–H and O–H groups in total. The van der Waals surface area contributed by atoms with Gasteiger partial charge in [-0.3, -0.25) is 14.4 Å². The fourth-order valence-electron chi connectivity index (χ4n) is 8.05. The lowest BCUT2D eigenvalue weighted by Gasteiger charge is -2.18. The number of hydrogen-bond donors (Lipinski definition) is 0. The minimum Gasteiger partial charge on any atom is -0.462 e. The summed E-state index contributed by atoms with van der Waals surface area (Å²) in [5, 5.41) is 0. The van der Waals surface area contributed by atoms with Gasteiger partial charge in [-0.05, 0) is 122 Å². The van der Waals surface area contributed by atoms with E-state index in [1.165, 1.54) is 89.9 Å². The number of allylic oxidation sites excluding steroid dienone is 23. The van der Waals surface area contributed by atoms with Crippen molar-refractivity contribution in [3.05, 3.63) is 146 Å². The van der Waals surface area contributed by atoms with Crippen molar-refractivity contribution in [1.29, 1.82) is 0 Å². The zero-order valence-electron chi connectivity index (χ0n) is 49.0. The molecule has 0 bridgehead atoms. The minimum atomic E-state index is -0.843. The molecule has 1 unspecified atom stereocenters. The van der Waals surface area contributed by atoms with E-state index in [9.17, 15) is 14.4 Å². The van der Waals surface area contributed by atoms with E-state index in [1.807, 2.05) is 6.08 Å². The van der Waals surface area contributed by atoms with Gasteiger partial charge >= 0.3 is 17.9 Å². The lowest BCUT2D eigenvalue weighted by molar-refractivity contribution is -0.166. The molecule has 0 fully saturated rings. The maximum atomic E-state index is 12.8. The van der Waals surface area contributed by atoms with Crippen LogP contribution in [0.5, 0.6) is 0 Å². The summed E-state index contributed by atoms with van der Waals surface area (Å²) in [6.45, 7) is 6.30. The molecule has 6 nitrogen and oxygen atoms in total. The van der Waals surface area contributed by atoms with Crippen molar-refractivity contribution in [1.82, 2.24) is 0 Å². The first-order valence-electron chi connectivity index (χ1n) is 30.8. The maximum absolute atomic E-state index is 12.8. The zero-order chi connectivity index (χ0) is 55.0. The minimum absolute atomic E-state index is 0.0891. The third-order valence-electron chi connectivity index (χ3n) is 12.6. The van der Waals surface area contributed by atoms with Gasteiger partial charge in [0.05, 0.1) is 6.42 Å². The highest BCUT2D eigenvalue weighted by Crippen LogP contribution is 2.14. The van der Waals surface area contributed by atoms with Crippen LogP contribution in [0.2, 0.25) is 0 Å².